The van der Waals surface area contributed by atoms with Crippen LogP contribution in [0.5, 0.6) is 5.75 Å². The van der Waals surface area contributed by atoms with Gasteiger partial charge in [0.15, 0.2) is 21.5 Å². The Morgan fingerprint density at radius 2 is 2.03 bits per heavy atom. The standard InChI is InChI=1S/C8H7N5O6S.C7H7NO2/c1-19-7-2-6(13(14)15)8(20(16,17)18)3-5(7)12-4-9-10-11-12;8-6-3-1-2-5(4-6)7(9)10/h2-4H,1H3,(H,16,17,18);1-4H,8H2,(H,9,10)/p+1. The first-order chi connectivity index (χ1) is 14.0. The van der Waals surface area contributed by atoms with E-state index in [9.17, 15) is 23.3 Å². The van der Waals surface area contributed by atoms with Gasteiger partial charge in [0.25, 0.3) is 12.0 Å². The van der Waals surface area contributed by atoms with E-state index in [0.717, 1.165) is 16.8 Å². The second-order valence-corrected chi connectivity index (χ2v) is 6.85. The summed E-state index contributed by atoms with van der Waals surface area (Å²) in [6.07, 6.45) is 1.19. The summed E-state index contributed by atoms with van der Waals surface area (Å²) in [6.45, 7) is 0. The number of carboxylic acid groups (broad SMARTS) is 1. The molecule has 0 bridgehead atoms. The number of nitro benzene ring substituents is 1. The lowest BCUT2D eigenvalue weighted by Crippen LogP contribution is -2.33. The molecule has 0 aliphatic heterocycles. The summed E-state index contributed by atoms with van der Waals surface area (Å²) in [6, 6.07) is 7.94. The number of nitrogen functional groups attached to an aromatic ring is 1. The second-order valence-electron chi connectivity index (χ2n) is 5.46. The van der Waals surface area contributed by atoms with Crippen LogP contribution in [-0.2, 0) is 10.1 Å². The van der Waals surface area contributed by atoms with Gasteiger partial charge in [-0.05, 0) is 18.2 Å². The number of nitrogens with zero attached hydrogens (tertiary/aromatic N) is 4. The Hall–Kier alpha value is -4.11. The van der Waals surface area contributed by atoms with Gasteiger partial charge in [-0.15, -0.1) is 4.68 Å². The Kier molecular flexibility index (Phi) is 6.60. The van der Waals surface area contributed by atoms with Gasteiger partial charge >= 0.3 is 16.1 Å². The molecule has 2 aromatic carbocycles. The number of carboxylic acids is 1. The van der Waals surface area contributed by atoms with E-state index in [1.165, 1.54) is 25.6 Å². The SMILES string of the molecule is COc1cc([N+](=O)[O-])c(S(=O)(=O)O)cc1-[n+]1cnn[nH]1.Nc1cccc(C(=O)O)c1. The number of aromatic nitrogens is 4. The molecule has 0 saturated heterocycles. The molecule has 0 aliphatic rings. The van der Waals surface area contributed by atoms with Crippen LogP contribution in [0, 0.1) is 10.1 Å². The number of tetrazole rings is 1. The molecule has 1 heterocycles. The van der Waals surface area contributed by atoms with E-state index in [-0.39, 0.29) is 17.0 Å². The normalized spacial score (nSPS) is 10.6. The molecule has 158 valence electrons. The van der Waals surface area contributed by atoms with E-state index in [0.29, 0.717) is 5.69 Å². The van der Waals surface area contributed by atoms with Gasteiger partial charge in [0.2, 0.25) is 0 Å². The first-order valence-corrected chi connectivity index (χ1v) is 9.19. The van der Waals surface area contributed by atoms with Gasteiger partial charge < -0.3 is 15.6 Å². The predicted molar refractivity (Wildman–Crippen MR) is 98.7 cm³/mol. The zero-order valence-corrected chi connectivity index (χ0v) is 16.0. The van der Waals surface area contributed by atoms with Crippen molar-refractivity contribution in [1.82, 2.24) is 15.5 Å². The van der Waals surface area contributed by atoms with Crippen molar-refractivity contribution in [3.05, 3.63) is 58.4 Å². The fraction of sp³-hybridized carbons (Fsp3) is 0.0667. The second kappa shape index (κ2) is 8.93. The molecule has 3 aromatic rings. The number of hydrogen-bond acceptors (Lipinski definition) is 9. The molecule has 0 saturated carbocycles. The minimum atomic E-state index is -4.78. The lowest BCUT2D eigenvalue weighted by Gasteiger charge is -2.07. The van der Waals surface area contributed by atoms with Crippen LogP contribution in [-0.4, -0.2) is 51.6 Å². The first kappa shape index (κ1) is 22.2. The lowest BCUT2D eigenvalue weighted by atomic mass is 10.2. The number of methoxy groups -OCH3 is 1. The highest BCUT2D eigenvalue weighted by molar-refractivity contribution is 7.86. The highest BCUT2D eigenvalue weighted by Crippen LogP contribution is 2.31. The number of anilines is 1. The number of benzene rings is 2. The van der Waals surface area contributed by atoms with Crippen molar-refractivity contribution < 1.29 is 37.2 Å². The number of rotatable bonds is 5. The largest absolute Gasteiger partial charge is 0.493 e. The van der Waals surface area contributed by atoms with Crippen LogP contribution in [0.25, 0.3) is 5.69 Å². The Bertz CT molecular complexity index is 1180. The van der Waals surface area contributed by atoms with E-state index in [1.807, 2.05) is 0 Å². The molecule has 0 radical (unpaired) electrons. The molecule has 0 atom stereocenters. The molecule has 0 aliphatic carbocycles. The fourth-order valence-corrected chi connectivity index (χ4v) is 2.86. The summed E-state index contributed by atoms with van der Waals surface area (Å²) in [5.41, 5.74) is 5.30. The van der Waals surface area contributed by atoms with Gasteiger partial charge in [-0.3, -0.25) is 14.7 Å². The topological polar surface area (TPSA) is 216 Å². The average molecular weight is 439 g/mol. The van der Waals surface area contributed by atoms with Crippen LogP contribution in [0.4, 0.5) is 11.4 Å². The Morgan fingerprint density at radius 1 is 1.33 bits per heavy atom. The molecule has 0 amide bonds. The number of aromatic carboxylic acids is 1. The molecule has 30 heavy (non-hydrogen) atoms. The number of nitrogens with two attached hydrogens (primary N) is 1. The van der Waals surface area contributed by atoms with E-state index in [4.69, 9.17) is 20.1 Å². The summed E-state index contributed by atoms with van der Waals surface area (Å²) in [4.78, 5) is 19.4. The van der Waals surface area contributed by atoms with Gasteiger partial charge in [0.05, 0.1) is 23.7 Å². The molecule has 14 nitrogen and oxygen atoms in total. The number of hydrogen-bond donors (Lipinski definition) is 4. The molecule has 3 rings (SSSR count). The Labute approximate surface area is 168 Å². The average Bonchev–Trinajstić information content (AvgIpc) is 3.21. The lowest BCUT2D eigenvalue weighted by molar-refractivity contribution is -0.661. The third-order valence-corrected chi connectivity index (χ3v) is 4.39. The quantitative estimate of drug-likeness (QED) is 0.138. The van der Waals surface area contributed by atoms with Gasteiger partial charge in [-0.25, -0.2) is 4.79 Å². The molecule has 15 heteroatoms. The fourth-order valence-electron chi connectivity index (χ4n) is 2.20. The van der Waals surface area contributed by atoms with E-state index >= 15 is 0 Å². The van der Waals surface area contributed by atoms with Crippen molar-refractivity contribution in [2.24, 2.45) is 0 Å². The van der Waals surface area contributed by atoms with Crippen molar-refractivity contribution >= 4 is 27.5 Å². The van der Waals surface area contributed by atoms with Crippen LogP contribution in [0.3, 0.4) is 0 Å². The van der Waals surface area contributed by atoms with Gasteiger partial charge in [-0.2, -0.15) is 8.42 Å². The number of H-pyrrole nitrogens is 1. The highest BCUT2D eigenvalue weighted by atomic mass is 32.2. The first-order valence-electron chi connectivity index (χ1n) is 7.75. The number of aromatic amines is 1. The summed E-state index contributed by atoms with van der Waals surface area (Å²) in [5.74, 6) is -0.951. The number of nitrogens with one attached hydrogen (secondary N) is 1. The minimum absolute atomic E-state index is 0.000139. The highest BCUT2D eigenvalue weighted by Gasteiger charge is 2.29. The van der Waals surface area contributed by atoms with Crippen LogP contribution in [0.15, 0.2) is 47.6 Å². The molecular weight excluding hydrogens is 424 g/mol. The summed E-state index contributed by atoms with van der Waals surface area (Å²) in [5, 5.41) is 28.6. The van der Waals surface area contributed by atoms with E-state index in [1.54, 1.807) is 12.1 Å². The van der Waals surface area contributed by atoms with Crippen molar-refractivity contribution in [1.29, 1.82) is 0 Å². The zero-order valence-electron chi connectivity index (χ0n) is 15.2. The summed E-state index contributed by atoms with van der Waals surface area (Å²) >= 11 is 0. The van der Waals surface area contributed by atoms with Crippen LogP contribution in [0.2, 0.25) is 0 Å². The van der Waals surface area contributed by atoms with Crippen LogP contribution < -0.4 is 15.2 Å². The summed E-state index contributed by atoms with van der Waals surface area (Å²) in [7, 11) is -3.53. The molecule has 0 unspecified atom stereocenters. The smallest absolute Gasteiger partial charge is 0.335 e. The monoisotopic (exact) mass is 439 g/mol. The maximum absolute atomic E-state index is 11.2. The maximum atomic E-state index is 11.2. The van der Waals surface area contributed by atoms with Gasteiger partial charge in [0, 0.05) is 11.8 Å². The minimum Gasteiger partial charge on any atom is -0.493 e. The Morgan fingerprint density at radius 3 is 2.47 bits per heavy atom. The van der Waals surface area contributed by atoms with Crippen LogP contribution >= 0.6 is 0 Å². The molecular formula is C15H15N6O8S+. The third kappa shape index (κ3) is 5.24. The Balaban J connectivity index is 0.000000269. The van der Waals surface area contributed by atoms with Crippen molar-refractivity contribution in [3.63, 3.8) is 0 Å². The van der Waals surface area contributed by atoms with Crippen LogP contribution in [0.1, 0.15) is 10.4 Å². The zero-order chi connectivity index (χ0) is 22.5. The number of carbonyl (C=O) groups is 1. The number of ether oxygens (including phenoxy) is 1. The van der Waals surface area contributed by atoms with Gasteiger partial charge in [-0.1, -0.05) is 11.3 Å². The molecule has 1 aromatic heterocycles. The maximum Gasteiger partial charge on any atom is 0.335 e. The molecule has 0 fully saturated rings. The van der Waals surface area contributed by atoms with Crippen molar-refractivity contribution in [3.8, 4) is 11.4 Å². The third-order valence-electron chi connectivity index (χ3n) is 3.51. The molecule has 5 N–H and O–H groups in total. The van der Waals surface area contributed by atoms with Gasteiger partial charge in [0.1, 0.15) is 5.10 Å². The van der Waals surface area contributed by atoms with E-state index < -0.39 is 31.6 Å². The molecule has 0 spiro atoms. The summed E-state index contributed by atoms with van der Waals surface area (Å²) < 4.78 is 37.7. The van der Waals surface area contributed by atoms with Crippen molar-refractivity contribution in [2.45, 2.75) is 4.90 Å². The van der Waals surface area contributed by atoms with Crippen molar-refractivity contribution in [2.75, 3.05) is 12.8 Å². The predicted octanol–water partition coefficient (Wildman–Crippen LogP) is 0.212. The number of nitro groups is 1. The van der Waals surface area contributed by atoms with E-state index in [2.05, 4.69) is 15.5 Å².